The van der Waals surface area contributed by atoms with Crippen LogP contribution in [0.25, 0.3) is 44.1 Å². The lowest BCUT2D eigenvalue weighted by atomic mass is 9.88. The van der Waals surface area contributed by atoms with Crippen molar-refractivity contribution in [2.75, 3.05) is 0 Å². The van der Waals surface area contributed by atoms with Crippen LogP contribution in [0.4, 0.5) is 0 Å². The molecular formula is C29H30N2. The molecule has 0 aliphatic heterocycles. The van der Waals surface area contributed by atoms with Gasteiger partial charge in [-0.1, -0.05) is 54.6 Å². The van der Waals surface area contributed by atoms with Gasteiger partial charge in [0.2, 0.25) is 0 Å². The van der Waals surface area contributed by atoms with Crippen molar-refractivity contribution in [2.45, 2.75) is 47.7 Å². The molecule has 0 unspecified atom stereocenters. The Morgan fingerprint density at radius 1 is 0.548 bits per heavy atom. The maximum Gasteiger partial charge on any atom is 0.0488 e. The SMILES string of the molecule is CCn1c(C)c(-c2cccc(C)c2-c2c(C)n(CC)c3ccccc23)c2ccccc21. The molecule has 0 spiro atoms. The van der Waals surface area contributed by atoms with Crippen molar-refractivity contribution in [3.05, 3.63) is 83.7 Å². The van der Waals surface area contributed by atoms with Crippen LogP contribution in [-0.4, -0.2) is 9.13 Å². The Kier molecular flexibility index (Phi) is 4.74. The first-order valence-electron chi connectivity index (χ1n) is 11.3. The van der Waals surface area contributed by atoms with Gasteiger partial charge in [0, 0.05) is 57.4 Å². The zero-order valence-corrected chi connectivity index (χ0v) is 19.2. The van der Waals surface area contributed by atoms with Crippen LogP contribution in [0.5, 0.6) is 0 Å². The first-order valence-corrected chi connectivity index (χ1v) is 11.3. The third-order valence-corrected chi connectivity index (χ3v) is 6.89. The number of benzene rings is 3. The van der Waals surface area contributed by atoms with E-state index in [0.29, 0.717) is 0 Å². The van der Waals surface area contributed by atoms with Crippen molar-refractivity contribution in [3.63, 3.8) is 0 Å². The van der Waals surface area contributed by atoms with Gasteiger partial charge in [-0.05, 0) is 63.4 Å². The fraction of sp³-hybridized carbons (Fsp3) is 0.241. The smallest absolute Gasteiger partial charge is 0.0488 e. The van der Waals surface area contributed by atoms with Gasteiger partial charge in [0.25, 0.3) is 0 Å². The number of para-hydroxylation sites is 2. The third-order valence-electron chi connectivity index (χ3n) is 6.89. The van der Waals surface area contributed by atoms with E-state index in [9.17, 15) is 0 Å². The number of fused-ring (bicyclic) bond motifs is 2. The molecule has 156 valence electrons. The van der Waals surface area contributed by atoms with Gasteiger partial charge in [0.1, 0.15) is 0 Å². The summed E-state index contributed by atoms with van der Waals surface area (Å²) in [7, 11) is 0. The Hall–Kier alpha value is -3.26. The molecule has 31 heavy (non-hydrogen) atoms. The normalized spacial score (nSPS) is 11.6. The van der Waals surface area contributed by atoms with Gasteiger partial charge in [-0.25, -0.2) is 0 Å². The number of rotatable bonds is 4. The van der Waals surface area contributed by atoms with E-state index in [-0.39, 0.29) is 0 Å². The highest BCUT2D eigenvalue weighted by Crippen LogP contribution is 2.45. The molecule has 0 bridgehead atoms. The second kappa shape index (κ2) is 7.46. The fourth-order valence-corrected chi connectivity index (χ4v) is 5.54. The number of hydrogen-bond donors (Lipinski definition) is 0. The Labute approximate surface area is 184 Å². The summed E-state index contributed by atoms with van der Waals surface area (Å²) in [5.74, 6) is 0. The average Bonchev–Trinajstić information content (AvgIpc) is 3.23. The molecule has 5 rings (SSSR count). The van der Waals surface area contributed by atoms with E-state index >= 15 is 0 Å². The van der Waals surface area contributed by atoms with E-state index in [0.717, 1.165) is 13.1 Å². The minimum absolute atomic E-state index is 0.974. The summed E-state index contributed by atoms with van der Waals surface area (Å²) in [5, 5.41) is 2.68. The van der Waals surface area contributed by atoms with Crippen LogP contribution in [0.2, 0.25) is 0 Å². The van der Waals surface area contributed by atoms with Gasteiger partial charge in [-0.15, -0.1) is 0 Å². The van der Waals surface area contributed by atoms with Crippen LogP contribution in [0, 0.1) is 20.8 Å². The molecule has 0 N–H and O–H groups in total. The standard InChI is InChI=1S/C29H30N2/c1-6-30-20(4)28(22-14-8-10-17-25(22)30)24-16-12-13-19(3)27(24)29-21(5)31(7-2)26-18-11-9-15-23(26)29/h8-18H,6-7H2,1-5H3. The average molecular weight is 407 g/mol. The van der Waals surface area contributed by atoms with Crippen LogP contribution in [-0.2, 0) is 13.1 Å². The highest BCUT2D eigenvalue weighted by Gasteiger charge is 2.23. The summed E-state index contributed by atoms with van der Waals surface area (Å²) in [6.07, 6.45) is 0. The summed E-state index contributed by atoms with van der Waals surface area (Å²) in [5.41, 5.74) is 12.1. The second-order valence-corrected chi connectivity index (χ2v) is 8.44. The second-order valence-electron chi connectivity index (χ2n) is 8.44. The Balaban J connectivity index is 1.93. The molecule has 0 aliphatic carbocycles. The van der Waals surface area contributed by atoms with Gasteiger partial charge in [0.15, 0.2) is 0 Å². The van der Waals surface area contributed by atoms with Crippen LogP contribution in [0.15, 0.2) is 66.7 Å². The Morgan fingerprint density at radius 2 is 1.06 bits per heavy atom. The molecule has 5 aromatic rings. The predicted octanol–water partition coefficient (Wildman–Crippen LogP) is 7.90. The summed E-state index contributed by atoms with van der Waals surface area (Å²) in [6, 6.07) is 24.5. The molecule has 2 aromatic heterocycles. The molecule has 0 amide bonds. The molecule has 3 aromatic carbocycles. The first kappa shape index (κ1) is 19.7. The minimum Gasteiger partial charge on any atom is -0.345 e. The molecule has 2 heteroatoms. The molecule has 0 aliphatic rings. The van der Waals surface area contributed by atoms with Crippen molar-refractivity contribution in [1.82, 2.24) is 9.13 Å². The van der Waals surface area contributed by atoms with Gasteiger partial charge < -0.3 is 9.13 Å². The zero-order chi connectivity index (χ0) is 21.7. The lowest BCUT2D eigenvalue weighted by molar-refractivity contribution is 0.770. The zero-order valence-electron chi connectivity index (χ0n) is 19.2. The molecule has 0 radical (unpaired) electrons. The number of aryl methyl sites for hydroxylation is 3. The number of hydrogen-bond acceptors (Lipinski definition) is 0. The largest absolute Gasteiger partial charge is 0.345 e. The third kappa shape index (κ3) is 2.78. The van der Waals surface area contributed by atoms with Gasteiger partial charge in [0.05, 0.1) is 0 Å². The first-order chi connectivity index (χ1) is 15.1. The predicted molar refractivity (Wildman–Crippen MR) is 134 cm³/mol. The lowest BCUT2D eigenvalue weighted by Gasteiger charge is -2.15. The van der Waals surface area contributed by atoms with Crippen molar-refractivity contribution in [3.8, 4) is 22.3 Å². The van der Waals surface area contributed by atoms with E-state index in [4.69, 9.17) is 0 Å². The summed E-state index contributed by atoms with van der Waals surface area (Å²) in [4.78, 5) is 0. The summed E-state index contributed by atoms with van der Waals surface area (Å²) >= 11 is 0. The molecule has 0 atom stereocenters. The summed E-state index contributed by atoms with van der Waals surface area (Å²) in [6.45, 7) is 13.2. The molecule has 0 saturated carbocycles. The van der Waals surface area contributed by atoms with Gasteiger partial charge in [-0.3, -0.25) is 0 Å². The van der Waals surface area contributed by atoms with E-state index in [1.807, 2.05) is 0 Å². The molecule has 0 saturated heterocycles. The van der Waals surface area contributed by atoms with Crippen LogP contribution in [0.1, 0.15) is 30.8 Å². The highest BCUT2D eigenvalue weighted by molar-refractivity contribution is 6.07. The Bertz CT molecular complexity index is 1430. The van der Waals surface area contributed by atoms with Crippen molar-refractivity contribution in [2.24, 2.45) is 0 Å². The number of aromatic nitrogens is 2. The van der Waals surface area contributed by atoms with Gasteiger partial charge in [-0.2, -0.15) is 0 Å². The van der Waals surface area contributed by atoms with E-state index in [2.05, 4.69) is 110 Å². The molecular weight excluding hydrogens is 376 g/mol. The topological polar surface area (TPSA) is 9.86 Å². The minimum atomic E-state index is 0.974. The van der Waals surface area contributed by atoms with Crippen LogP contribution in [0.3, 0.4) is 0 Å². The highest BCUT2D eigenvalue weighted by atomic mass is 15.0. The van der Waals surface area contributed by atoms with Crippen LogP contribution < -0.4 is 0 Å². The monoisotopic (exact) mass is 406 g/mol. The Morgan fingerprint density at radius 3 is 1.65 bits per heavy atom. The maximum atomic E-state index is 2.45. The molecule has 2 heterocycles. The van der Waals surface area contributed by atoms with E-state index in [1.54, 1.807) is 0 Å². The molecule has 0 fully saturated rings. The van der Waals surface area contributed by atoms with Crippen LogP contribution >= 0.6 is 0 Å². The van der Waals surface area contributed by atoms with Gasteiger partial charge >= 0.3 is 0 Å². The number of nitrogens with zero attached hydrogens (tertiary/aromatic N) is 2. The lowest BCUT2D eigenvalue weighted by Crippen LogP contribution is -1.98. The van der Waals surface area contributed by atoms with Crippen molar-refractivity contribution < 1.29 is 0 Å². The quantitative estimate of drug-likeness (QED) is 0.287. The fourth-order valence-electron chi connectivity index (χ4n) is 5.54. The molecule has 2 nitrogen and oxygen atoms in total. The van der Waals surface area contributed by atoms with Crippen molar-refractivity contribution in [1.29, 1.82) is 0 Å². The van der Waals surface area contributed by atoms with Crippen molar-refractivity contribution >= 4 is 21.8 Å². The van der Waals surface area contributed by atoms with E-state index in [1.165, 1.54) is 61.0 Å². The van der Waals surface area contributed by atoms with E-state index < -0.39 is 0 Å². The summed E-state index contributed by atoms with van der Waals surface area (Å²) < 4.78 is 4.89. The maximum absolute atomic E-state index is 2.45.